The molecule has 0 aromatic heterocycles. The summed E-state index contributed by atoms with van der Waals surface area (Å²) in [5.74, 6) is -0.782. The summed E-state index contributed by atoms with van der Waals surface area (Å²) in [5, 5.41) is 0. The first-order valence-electron chi connectivity index (χ1n) is 4.53. The lowest BCUT2D eigenvalue weighted by molar-refractivity contribution is 0.247. The smallest absolute Gasteiger partial charge is 0.264 e. The lowest BCUT2D eigenvalue weighted by atomic mass is 10.2. The molecule has 0 atom stereocenters. The van der Waals surface area contributed by atoms with Crippen LogP contribution in [0.4, 0.5) is 4.39 Å². The largest absolute Gasteiger partial charge is 0.300 e. The van der Waals surface area contributed by atoms with Gasteiger partial charge < -0.3 is 0 Å². The predicted octanol–water partition coefficient (Wildman–Crippen LogP) is 2.25. The maximum absolute atomic E-state index is 13.3. The van der Waals surface area contributed by atoms with Gasteiger partial charge in [-0.15, -0.1) is 0 Å². The maximum Gasteiger partial charge on any atom is 0.300 e. The van der Waals surface area contributed by atoms with Gasteiger partial charge in [-0.1, -0.05) is 12.1 Å². The summed E-state index contributed by atoms with van der Waals surface area (Å²) in [6, 6.07) is 4.09. The van der Waals surface area contributed by atoms with Crippen molar-refractivity contribution in [2.24, 2.45) is 0 Å². The normalized spacial score (nSPS) is 12.1. The summed E-state index contributed by atoms with van der Waals surface area (Å²) in [4.78, 5) is -0.376. The minimum Gasteiger partial charge on any atom is -0.264 e. The van der Waals surface area contributed by atoms with E-state index in [-0.39, 0.29) is 4.90 Å². The minimum atomic E-state index is -4.00. The summed E-state index contributed by atoms with van der Waals surface area (Å²) >= 11 is 0. The number of halogens is 1. The quantitative estimate of drug-likeness (QED) is 0.751. The van der Waals surface area contributed by atoms with E-state index in [1.807, 2.05) is 0 Å². The molecule has 0 aliphatic rings. The topological polar surface area (TPSA) is 43.4 Å². The van der Waals surface area contributed by atoms with Gasteiger partial charge in [0.2, 0.25) is 0 Å². The highest BCUT2D eigenvalue weighted by molar-refractivity contribution is 7.86. The highest BCUT2D eigenvalue weighted by Gasteiger charge is 2.23. The Labute approximate surface area is 89.0 Å². The van der Waals surface area contributed by atoms with Crippen molar-refractivity contribution in [1.29, 1.82) is 0 Å². The van der Waals surface area contributed by atoms with Crippen molar-refractivity contribution in [2.45, 2.75) is 31.8 Å². The molecule has 0 amide bonds. The van der Waals surface area contributed by atoms with Crippen LogP contribution in [0.5, 0.6) is 0 Å². The Morgan fingerprint density at radius 2 is 1.93 bits per heavy atom. The molecule has 0 aliphatic heterocycles. The van der Waals surface area contributed by atoms with E-state index in [1.54, 1.807) is 13.8 Å². The fourth-order valence-electron chi connectivity index (χ4n) is 1.23. The Morgan fingerprint density at radius 1 is 1.33 bits per heavy atom. The Morgan fingerprint density at radius 3 is 2.40 bits per heavy atom. The number of benzene rings is 1. The third-order valence-corrected chi connectivity index (χ3v) is 3.39. The number of hydrogen-bond donors (Lipinski definition) is 0. The third-order valence-electron chi connectivity index (χ3n) is 1.73. The van der Waals surface area contributed by atoms with Crippen molar-refractivity contribution in [2.75, 3.05) is 0 Å². The minimum absolute atomic E-state index is 0.343. The molecule has 0 fully saturated rings. The second-order valence-electron chi connectivity index (χ2n) is 3.48. The molecule has 0 saturated heterocycles. The number of hydrogen-bond acceptors (Lipinski definition) is 3. The molecule has 0 unspecified atom stereocenters. The molecular weight excluding hydrogens is 219 g/mol. The lowest BCUT2D eigenvalue weighted by Gasteiger charge is -2.10. The van der Waals surface area contributed by atoms with Gasteiger partial charge in [0.1, 0.15) is 10.7 Å². The van der Waals surface area contributed by atoms with Gasteiger partial charge in [0.15, 0.2) is 0 Å². The Hall–Kier alpha value is -0.940. The van der Waals surface area contributed by atoms with E-state index in [4.69, 9.17) is 4.18 Å². The van der Waals surface area contributed by atoms with E-state index in [0.29, 0.717) is 5.56 Å². The van der Waals surface area contributed by atoms with Crippen LogP contribution >= 0.6 is 0 Å². The highest BCUT2D eigenvalue weighted by Crippen LogP contribution is 2.21. The van der Waals surface area contributed by atoms with E-state index in [2.05, 4.69) is 0 Å². The number of aryl methyl sites for hydroxylation is 1. The van der Waals surface area contributed by atoms with Gasteiger partial charge in [0.05, 0.1) is 6.10 Å². The predicted molar refractivity (Wildman–Crippen MR) is 54.5 cm³/mol. The maximum atomic E-state index is 13.3. The van der Waals surface area contributed by atoms with Gasteiger partial charge in [-0.2, -0.15) is 8.42 Å². The average molecular weight is 232 g/mol. The van der Waals surface area contributed by atoms with Crippen LogP contribution in [0.1, 0.15) is 19.4 Å². The van der Waals surface area contributed by atoms with E-state index < -0.39 is 22.0 Å². The summed E-state index contributed by atoms with van der Waals surface area (Å²) in [5.41, 5.74) is 0.343. The molecule has 0 saturated carbocycles. The molecule has 0 bridgehead atoms. The molecule has 1 rings (SSSR count). The molecule has 3 nitrogen and oxygen atoms in total. The first-order valence-corrected chi connectivity index (χ1v) is 5.94. The standard InChI is InChI=1S/C10H13FO3S/c1-7(2)14-15(12,13)10-8(3)5-4-6-9(10)11/h4-7H,1-3H3. The van der Waals surface area contributed by atoms with Crippen LogP contribution in [0.25, 0.3) is 0 Å². The van der Waals surface area contributed by atoms with Crippen molar-refractivity contribution >= 4 is 10.1 Å². The molecule has 0 spiro atoms. The lowest BCUT2D eigenvalue weighted by Crippen LogP contribution is -2.15. The van der Waals surface area contributed by atoms with Crippen molar-refractivity contribution in [3.05, 3.63) is 29.6 Å². The third kappa shape index (κ3) is 2.76. The van der Waals surface area contributed by atoms with E-state index in [9.17, 15) is 12.8 Å². The van der Waals surface area contributed by atoms with Gasteiger partial charge in [0.25, 0.3) is 10.1 Å². The fraction of sp³-hybridized carbons (Fsp3) is 0.400. The molecule has 5 heteroatoms. The molecule has 1 aromatic carbocycles. The van der Waals surface area contributed by atoms with Gasteiger partial charge in [0, 0.05) is 0 Å². The molecule has 15 heavy (non-hydrogen) atoms. The van der Waals surface area contributed by atoms with E-state index in [0.717, 1.165) is 6.07 Å². The second-order valence-corrected chi connectivity index (χ2v) is 4.99. The first kappa shape index (κ1) is 12.1. The Bertz CT molecular complexity index is 431. The summed E-state index contributed by atoms with van der Waals surface area (Å²) < 4.78 is 41.3. The molecule has 0 heterocycles. The van der Waals surface area contributed by atoms with Crippen LogP contribution in [-0.2, 0) is 14.3 Å². The first-order chi connectivity index (χ1) is 6.84. The SMILES string of the molecule is Cc1cccc(F)c1S(=O)(=O)OC(C)C. The van der Waals surface area contributed by atoms with E-state index in [1.165, 1.54) is 19.1 Å². The van der Waals surface area contributed by atoms with Gasteiger partial charge >= 0.3 is 0 Å². The van der Waals surface area contributed by atoms with Crippen molar-refractivity contribution in [3.8, 4) is 0 Å². The zero-order chi connectivity index (χ0) is 11.6. The number of rotatable bonds is 3. The van der Waals surface area contributed by atoms with Crippen LogP contribution in [0.3, 0.4) is 0 Å². The fourth-order valence-corrected chi connectivity index (χ4v) is 2.61. The van der Waals surface area contributed by atoms with Gasteiger partial charge in [-0.05, 0) is 32.4 Å². The van der Waals surface area contributed by atoms with Crippen molar-refractivity contribution in [3.63, 3.8) is 0 Å². The molecule has 84 valence electrons. The van der Waals surface area contributed by atoms with Crippen LogP contribution in [0.15, 0.2) is 23.1 Å². The van der Waals surface area contributed by atoms with Gasteiger partial charge in [-0.3, -0.25) is 4.18 Å². The van der Waals surface area contributed by atoms with Crippen molar-refractivity contribution in [1.82, 2.24) is 0 Å². The van der Waals surface area contributed by atoms with Crippen molar-refractivity contribution < 1.29 is 17.0 Å². The van der Waals surface area contributed by atoms with Crippen LogP contribution in [0, 0.1) is 12.7 Å². The van der Waals surface area contributed by atoms with Crippen LogP contribution in [0.2, 0.25) is 0 Å². The summed E-state index contributed by atoms with van der Waals surface area (Å²) in [7, 11) is -4.00. The molecular formula is C10H13FO3S. The Balaban J connectivity index is 3.27. The molecule has 0 N–H and O–H groups in total. The van der Waals surface area contributed by atoms with Gasteiger partial charge in [-0.25, -0.2) is 4.39 Å². The Kier molecular flexibility index (Phi) is 3.46. The molecule has 1 aromatic rings. The van der Waals surface area contributed by atoms with Crippen LogP contribution in [-0.4, -0.2) is 14.5 Å². The highest BCUT2D eigenvalue weighted by atomic mass is 32.2. The molecule has 0 aliphatic carbocycles. The summed E-state index contributed by atoms with van der Waals surface area (Å²) in [6.45, 7) is 4.68. The summed E-state index contributed by atoms with van der Waals surface area (Å²) in [6.07, 6.45) is -0.506. The second kappa shape index (κ2) is 4.28. The van der Waals surface area contributed by atoms with Crippen LogP contribution < -0.4 is 0 Å². The average Bonchev–Trinajstić information content (AvgIpc) is 1.99. The zero-order valence-electron chi connectivity index (χ0n) is 8.82. The zero-order valence-corrected chi connectivity index (χ0v) is 9.64. The van der Waals surface area contributed by atoms with E-state index >= 15 is 0 Å². The molecule has 0 radical (unpaired) electrons. The monoisotopic (exact) mass is 232 g/mol.